The lowest BCUT2D eigenvalue weighted by atomic mass is 9.84. The maximum atomic E-state index is 12.4. The minimum Gasteiger partial charge on any atom is -0.379 e. The number of rotatable bonds is 3. The van der Waals surface area contributed by atoms with Crippen LogP contribution in [0.15, 0.2) is 12.1 Å². The fourth-order valence-corrected chi connectivity index (χ4v) is 2.24. The monoisotopic (exact) mass is 293 g/mol. The van der Waals surface area contributed by atoms with Gasteiger partial charge in [-0.25, -0.2) is 0 Å². The highest BCUT2D eigenvalue weighted by Crippen LogP contribution is 2.32. The van der Waals surface area contributed by atoms with Crippen LogP contribution in [0.25, 0.3) is 0 Å². The highest BCUT2D eigenvalue weighted by molar-refractivity contribution is 5.98. The molecule has 2 atom stereocenters. The van der Waals surface area contributed by atoms with E-state index in [0.29, 0.717) is 6.61 Å². The molecule has 3 N–H and O–H groups in total. The molecule has 2 rings (SSSR count). The zero-order valence-corrected chi connectivity index (χ0v) is 12.3. The third-order valence-electron chi connectivity index (χ3n) is 4.09. The lowest BCUT2D eigenvalue weighted by Crippen LogP contribution is -2.47. The summed E-state index contributed by atoms with van der Waals surface area (Å²) in [4.78, 5) is 23.1. The Balaban J connectivity index is 2.33. The van der Waals surface area contributed by atoms with E-state index in [9.17, 15) is 14.9 Å². The minimum atomic E-state index is -0.882. The Kier molecular flexibility index (Phi) is 3.97. The molecule has 1 aliphatic rings. The summed E-state index contributed by atoms with van der Waals surface area (Å²) in [6.07, 6.45) is 0. The van der Waals surface area contributed by atoms with E-state index >= 15 is 0 Å². The molecule has 0 bridgehead atoms. The summed E-state index contributed by atoms with van der Waals surface area (Å²) < 4.78 is 5.23. The van der Waals surface area contributed by atoms with E-state index in [1.54, 1.807) is 19.9 Å². The number of amides is 1. The Morgan fingerprint density at radius 1 is 1.48 bits per heavy atom. The van der Waals surface area contributed by atoms with Crippen molar-refractivity contribution < 1.29 is 14.5 Å². The number of hydrogen-bond donors (Lipinski definition) is 2. The number of benzene rings is 1. The van der Waals surface area contributed by atoms with Gasteiger partial charge in [0, 0.05) is 12.1 Å². The summed E-state index contributed by atoms with van der Waals surface area (Å²) in [6, 6.07) is 2.64. The standard InChI is InChI=1S/C14H19N3O4/c1-8-4-10(11(17(19)20)5-9(8)2)16-13(18)14(3)7-21-6-12(14)15/h4-5,12H,6-7,15H2,1-3H3,(H,16,18). The molecule has 2 unspecified atom stereocenters. The van der Waals surface area contributed by atoms with Crippen LogP contribution in [-0.4, -0.2) is 30.1 Å². The molecule has 1 amide bonds. The zero-order chi connectivity index (χ0) is 15.8. The van der Waals surface area contributed by atoms with Gasteiger partial charge in [0.1, 0.15) is 5.69 Å². The van der Waals surface area contributed by atoms with Crippen molar-refractivity contribution in [3.8, 4) is 0 Å². The molecule has 1 fully saturated rings. The van der Waals surface area contributed by atoms with E-state index in [2.05, 4.69) is 5.32 Å². The minimum absolute atomic E-state index is 0.123. The van der Waals surface area contributed by atoms with E-state index < -0.39 is 16.4 Å². The number of nitrogens with one attached hydrogen (secondary N) is 1. The highest BCUT2D eigenvalue weighted by Gasteiger charge is 2.44. The van der Waals surface area contributed by atoms with Crippen LogP contribution in [0.5, 0.6) is 0 Å². The third-order valence-corrected chi connectivity index (χ3v) is 4.09. The van der Waals surface area contributed by atoms with Crippen LogP contribution in [0.1, 0.15) is 18.1 Å². The van der Waals surface area contributed by atoms with E-state index in [1.807, 2.05) is 6.92 Å². The molecule has 0 spiro atoms. The second-order valence-corrected chi connectivity index (χ2v) is 5.70. The summed E-state index contributed by atoms with van der Waals surface area (Å²) in [5.74, 6) is -0.362. The fourth-order valence-electron chi connectivity index (χ4n) is 2.24. The second kappa shape index (κ2) is 5.42. The largest absolute Gasteiger partial charge is 0.379 e. The van der Waals surface area contributed by atoms with Gasteiger partial charge in [-0.1, -0.05) is 0 Å². The molecule has 1 saturated heterocycles. The van der Waals surface area contributed by atoms with Crippen LogP contribution >= 0.6 is 0 Å². The summed E-state index contributed by atoms with van der Waals surface area (Å²) >= 11 is 0. The lowest BCUT2D eigenvalue weighted by Gasteiger charge is -2.25. The summed E-state index contributed by atoms with van der Waals surface area (Å²) in [5.41, 5.74) is 6.75. The van der Waals surface area contributed by atoms with Crippen molar-refractivity contribution in [1.82, 2.24) is 0 Å². The van der Waals surface area contributed by atoms with Crippen molar-refractivity contribution in [2.24, 2.45) is 11.1 Å². The van der Waals surface area contributed by atoms with Crippen molar-refractivity contribution in [2.75, 3.05) is 18.5 Å². The Labute approximate surface area is 122 Å². The molecular formula is C14H19N3O4. The number of nitro groups is 1. The SMILES string of the molecule is Cc1cc(NC(=O)C2(C)COCC2N)c([N+](=O)[O-])cc1C. The smallest absolute Gasteiger partial charge is 0.293 e. The van der Waals surface area contributed by atoms with Crippen LogP contribution < -0.4 is 11.1 Å². The van der Waals surface area contributed by atoms with Gasteiger partial charge in [-0.05, 0) is 38.0 Å². The molecule has 21 heavy (non-hydrogen) atoms. The van der Waals surface area contributed by atoms with Crippen molar-refractivity contribution >= 4 is 17.3 Å². The van der Waals surface area contributed by atoms with Crippen molar-refractivity contribution in [3.05, 3.63) is 33.4 Å². The van der Waals surface area contributed by atoms with Gasteiger partial charge in [0.2, 0.25) is 5.91 Å². The maximum Gasteiger partial charge on any atom is 0.293 e. The van der Waals surface area contributed by atoms with Crippen molar-refractivity contribution in [2.45, 2.75) is 26.8 Å². The lowest BCUT2D eigenvalue weighted by molar-refractivity contribution is -0.384. The summed E-state index contributed by atoms with van der Waals surface area (Å²) in [5, 5.41) is 13.8. The Bertz CT molecular complexity index is 602. The molecule has 0 radical (unpaired) electrons. The first-order valence-electron chi connectivity index (χ1n) is 6.66. The van der Waals surface area contributed by atoms with Crippen LogP contribution in [-0.2, 0) is 9.53 Å². The molecule has 114 valence electrons. The van der Waals surface area contributed by atoms with Crippen molar-refractivity contribution in [3.63, 3.8) is 0 Å². The van der Waals surface area contributed by atoms with Gasteiger partial charge < -0.3 is 15.8 Å². The topological polar surface area (TPSA) is 107 Å². The van der Waals surface area contributed by atoms with Gasteiger partial charge in [0.25, 0.3) is 5.69 Å². The molecule has 0 saturated carbocycles. The van der Waals surface area contributed by atoms with Gasteiger partial charge in [0.15, 0.2) is 0 Å². The van der Waals surface area contributed by atoms with Crippen molar-refractivity contribution in [1.29, 1.82) is 0 Å². The summed E-state index contributed by atoms with van der Waals surface area (Å²) in [6.45, 7) is 5.83. The number of carbonyl (C=O) groups excluding carboxylic acids is 1. The maximum absolute atomic E-state index is 12.4. The van der Waals surface area contributed by atoms with E-state index in [4.69, 9.17) is 10.5 Å². The molecule has 1 aromatic rings. The average molecular weight is 293 g/mol. The number of hydrogen-bond acceptors (Lipinski definition) is 5. The molecule has 0 aliphatic carbocycles. The van der Waals surface area contributed by atoms with Crippen LogP contribution in [0.3, 0.4) is 0 Å². The molecule has 1 aromatic carbocycles. The predicted octanol–water partition coefficient (Wildman–Crippen LogP) is 1.51. The number of nitrogens with zero attached hydrogens (tertiary/aromatic N) is 1. The molecule has 7 nitrogen and oxygen atoms in total. The second-order valence-electron chi connectivity index (χ2n) is 5.70. The molecule has 7 heteroatoms. The number of aryl methyl sites for hydroxylation is 2. The van der Waals surface area contributed by atoms with Gasteiger partial charge in [-0.3, -0.25) is 14.9 Å². The number of anilines is 1. The Hall–Kier alpha value is -1.99. The van der Waals surface area contributed by atoms with Gasteiger partial charge in [-0.2, -0.15) is 0 Å². The van der Waals surface area contributed by atoms with Gasteiger partial charge >= 0.3 is 0 Å². The molecule has 0 aromatic heterocycles. The first-order chi connectivity index (χ1) is 9.75. The summed E-state index contributed by atoms with van der Waals surface area (Å²) in [7, 11) is 0. The Morgan fingerprint density at radius 2 is 2.10 bits per heavy atom. The first kappa shape index (κ1) is 15.4. The molecular weight excluding hydrogens is 274 g/mol. The number of ether oxygens (including phenoxy) is 1. The van der Waals surface area contributed by atoms with E-state index in [0.717, 1.165) is 11.1 Å². The van der Waals surface area contributed by atoms with Crippen LogP contribution in [0.4, 0.5) is 11.4 Å². The number of nitrogens with two attached hydrogens (primary N) is 1. The predicted molar refractivity (Wildman–Crippen MR) is 78.1 cm³/mol. The van der Waals surface area contributed by atoms with Gasteiger partial charge in [-0.15, -0.1) is 0 Å². The third kappa shape index (κ3) is 2.74. The van der Waals surface area contributed by atoms with Crippen LogP contribution in [0, 0.1) is 29.4 Å². The highest BCUT2D eigenvalue weighted by atomic mass is 16.6. The molecule has 1 heterocycles. The van der Waals surface area contributed by atoms with E-state index in [-0.39, 0.29) is 23.9 Å². The van der Waals surface area contributed by atoms with Crippen LogP contribution in [0.2, 0.25) is 0 Å². The normalized spacial score (nSPS) is 24.9. The quantitative estimate of drug-likeness (QED) is 0.649. The number of nitro benzene ring substituents is 1. The fraction of sp³-hybridized carbons (Fsp3) is 0.500. The number of carbonyl (C=O) groups is 1. The first-order valence-corrected chi connectivity index (χ1v) is 6.66. The Morgan fingerprint density at radius 3 is 2.62 bits per heavy atom. The van der Waals surface area contributed by atoms with E-state index in [1.165, 1.54) is 6.07 Å². The van der Waals surface area contributed by atoms with Gasteiger partial charge in [0.05, 0.1) is 23.6 Å². The zero-order valence-electron chi connectivity index (χ0n) is 12.3. The average Bonchev–Trinajstić information content (AvgIpc) is 2.74. The molecule has 1 aliphatic heterocycles.